The van der Waals surface area contributed by atoms with Crippen LogP contribution in [0.2, 0.25) is 0 Å². The molecule has 0 atom stereocenters. The number of amides is 1. The van der Waals surface area contributed by atoms with Gasteiger partial charge in [-0.25, -0.2) is 9.78 Å². The zero-order valence-corrected chi connectivity index (χ0v) is 18.7. The highest BCUT2D eigenvalue weighted by Gasteiger charge is 2.28. The van der Waals surface area contributed by atoms with Crippen molar-refractivity contribution in [1.29, 1.82) is 0 Å². The molecule has 0 aliphatic carbocycles. The fourth-order valence-corrected chi connectivity index (χ4v) is 4.04. The number of rotatable bonds is 9. The molecule has 1 N–H and O–H groups in total. The number of nitrogens with one attached hydrogen (secondary N) is 1. The number of ketones is 1. The van der Waals surface area contributed by atoms with Crippen molar-refractivity contribution in [2.45, 2.75) is 33.6 Å². The van der Waals surface area contributed by atoms with Gasteiger partial charge in [0.25, 0.3) is 5.91 Å². The van der Waals surface area contributed by atoms with Crippen molar-refractivity contribution in [2.24, 2.45) is 0 Å². The summed E-state index contributed by atoms with van der Waals surface area (Å²) in [5.41, 5.74) is 0.746. The lowest BCUT2D eigenvalue weighted by atomic mass is 10.1. The molecule has 1 amide bonds. The number of aromatic nitrogens is 1. The molecule has 0 saturated heterocycles. The third kappa shape index (κ3) is 5.38. The minimum atomic E-state index is -0.794. The Morgan fingerprint density at radius 1 is 1.12 bits per heavy atom. The van der Waals surface area contributed by atoms with E-state index in [0.717, 1.165) is 15.2 Å². The third-order valence-electron chi connectivity index (χ3n) is 4.41. The molecule has 0 radical (unpaired) electrons. The molecule has 9 nitrogen and oxygen atoms in total. The molecule has 3 rings (SSSR count). The van der Waals surface area contributed by atoms with E-state index in [9.17, 15) is 19.2 Å². The van der Waals surface area contributed by atoms with E-state index in [2.05, 4.69) is 10.3 Å². The van der Waals surface area contributed by atoms with Crippen LogP contribution < -0.4 is 5.32 Å². The lowest BCUT2D eigenvalue weighted by molar-refractivity contribution is -0.147. The van der Waals surface area contributed by atoms with E-state index in [4.69, 9.17) is 13.9 Å². The van der Waals surface area contributed by atoms with E-state index in [0.29, 0.717) is 6.42 Å². The summed E-state index contributed by atoms with van der Waals surface area (Å²) in [6.07, 6.45) is 0.460. The number of hydrogen-bond donors (Lipinski definition) is 1. The van der Waals surface area contributed by atoms with Crippen LogP contribution >= 0.6 is 11.3 Å². The number of nitrogens with zero attached hydrogens (tertiary/aromatic N) is 1. The molecule has 0 fully saturated rings. The number of carbonyl (C=O) groups is 4. The van der Waals surface area contributed by atoms with E-state index < -0.39 is 30.2 Å². The van der Waals surface area contributed by atoms with Crippen LogP contribution in [-0.2, 0) is 25.5 Å². The van der Waals surface area contributed by atoms with E-state index in [1.165, 1.54) is 25.2 Å². The number of para-hydroxylation sites is 1. The zero-order valence-electron chi connectivity index (χ0n) is 17.9. The Balaban J connectivity index is 1.57. The molecular formula is C22H22N2O7S. The van der Waals surface area contributed by atoms with Crippen LogP contribution in [0.25, 0.3) is 10.2 Å². The maximum Gasteiger partial charge on any atom is 0.344 e. The Morgan fingerprint density at radius 3 is 2.56 bits per heavy atom. The second kappa shape index (κ2) is 10.2. The van der Waals surface area contributed by atoms with Gasteiger partial charge < -0.3 is 13.9 Å². The van der Waals surface area contributed by atoms with Crippen molar-refractivity contribution in [3.63, 3.8) is 0 Å². The van der Waals surface area contributed by atoms with E-state index >= 15 is 0 Å². The van der Waals surface area contributed by atoms with Gasteiger partial charge in [0.1, 0.15) is 11.3 Å². The Hall–Kier alpha value is -3.53. The van der Waals surface area contributed by atoms with Crippen LogP contribution in [0, 0.1) is 6.92 Å². The SMILES string of the molecule is CCOC(=O)c1c(NC(=O)COC(=O)CCc2nc3ccccc3s2)oc(C)c1C(C)=O. The molecule has 3 aromatic rings. The van der Waals surface area contributed by atoms with Gasteiger partial charge in [-0.1, -0.05) is 12.1 Å². The summed E-state index contributed by atoms with van der Waals surface area (Å²) in [5.74, 6) is -2.53. The van der Waals surface area contributed by atoms with Crippen molar-refractivity contribution in [3.8, 4) is 0 Å². The third-order valence-corrected chi connectivity index (χ3v) is 5.51. The van der Waals surface area contributed by atoms with Crippen LogP contribution in [0.1, 0.15) is 51.8 Å². The smallest absolute Gasteiger partial charge is 0.344 e. The average molecular weight is 458 g/mol. The summed E-state index contributed by atoms with van der Waals surface area (Å²) in [5, 5.41) is 3.17. The lowest BCUT2D eigenvalue weighted by Gasteiger charge is -2.07. The summed E-state index contributed by atoms with van der Waals surface area (Å²) in [6, 6.07) is 7.67. The predicted octanol–water partition coefficient (Wildman–Crippen LogP) is 3.69. The van der Waals surface area contributed by atoms with Gasteiger partial charge in [-0.3, -0.25) is 19.7 Å². The van der Waals surface area contributed by atoms with Crippen molar-refractivity contribution in [3.05, 3.63) is 46.2 Å². The first-order valence-electron chi connectivity index (χ1n) is 9.91. The monoisotopic (exact) mass is 458 g/mol. The Morgan fingerprint density at radius 2 is 1.88 bits per heavy atom. The van der Waals surface area contributed by atoms with Crippen LogP contribution in [-0.4, -0.2) is 41.8 Å². The molecule has 0 saturated carbocycles. The quantitative estimate of drug-likeness (QED) is 0.380. The van der Waals surface area contributed by atoms with E-state index in [1.54, 1.807) is 6.92 Å². The number of ether oxygens (including phenoxy) is 2. The minimum Gasteiger partial charge on any atom is -0.462 e. The number of anilines is 1. The summed E-state index contributed by atoms with van der Waals surface area (Å²) in [6.45, 7) is 3.90. The van der Waals surface area contributed by atoms with Gasteiger partial charge in [-0.2, -0.15) is 0 Å². The van der Waals surface area contributed by atoms with Gasteiger partial charge in [-0.15, -0.1) is 11.3 Å². The fraction of sp³-hybridized carbons (Fsp3) is 0.318. The average Bonchev–Trinajstić information content (AvgIpc) is 3.31. The van der Waals surface area contributed by atoms with Crippen LogP contribution in [0.15, 0.2) is 28.7 Å². The molecule has 168 valence electrons. The number of hydrogen-bond acceptors (Lipinski definition) is 9. The Bertz CT molecular complexity index is 1150. The molecule has 0 spiro atoms. The first-order valence-corrected chi connectivity index (χ1v) is 10.7. The normalized spacial score (nSPS) is 10.7. The standard InChI is InChI=1S/C22H22N2O7S/c1-4-29-22(28)20-19(12(2)25)13(3)31-21(20)24-16(26)11-30-18(27)10-9-17-23-14-7-5-6-8-15(14)32-17/h5-8H,4,9-11H2,1-3H3,(H,24,26). The van der Waals surface area contributed by atoms with Gasteiger partial charge in [0, 0.05) is 6.42 Å². The molecule has 32 heavy (non-hydrogen) atoms. The molecule has 0 bridgehead atoms. The number of Topliss-reactive ketones (excluding diaryl/α,β-unsaturated/α-hetero) is 1. The van der Waals surface area contributed by atoms with Crippen molar-refractivity contribution >= 4 is 51.1 Å². The number of furan rings is 1. The highest BCUT2D eigenvalue weighted by Crippen LogP contribution is 2.28. The molecular weight excluding hydrogens is 436 g/mol. The molecule has 2 heterocycles. The highest BCUT2D eigenvalue weighted by molar-refractivity contribution is 7.18. The van der Waals surface area contributed by atoms with Crippen molar-refractivity contribution < 1.29 is 33.1 Å². The lowest BCUT2D eigenvalue weighted by Crippen LogP contribution is -2.22. The van der Waals surface area contributed by atoms with Crippen LogP contribution in [0.5, 0.6) is 0 Å². The maximum absolute atomic E-state index is 12.3. The second-order valence-corrected chi connectivity index (χ2v) is 7.91. The number of esters is 2. The Kier molecular flexibility index (Phi) is 7.37. The molecule has 0 aliphatic heterocycles. The second-order valence-electron chi connectivity index (χ2n) is 6.80. The minimum absolute atomic E-state index is 0.0339. The van der Waals surface area contributed by atoms with Gasteiger partial charge in [0.15, 0.2) is 12.4 Å². The molecule has 1 aromatic carbocycles. The van der Waals surface area contributed by atoms with Gasteiger partial charge in [-0.05, 0) is 32.9 Å². The van der Waals surface area contributed by atoms with Crippen molar-refractivity contribution in [2.75, 3.05) is 18.5 Å². The van der Waals surface area contributed by atoms with Gasteiger partial charge in [0.05, 0.1) is 33.8 Å². The number of benzene rings is 1. The van der Waals surface area contributed by atoms with E-state index in [1.807, 2.05) is 24.3 Å². The van der Waals surface area contributed by atoms with Gasteiger partial charge in [0.2, 0.25) is 5.88 Å². The zero-order chi connectivity index (χ0) is 23.3. The van der Waals surface area contributed by atoms with Crippen LogP contribution in [0.4, 0.5) is 5.88 Å². The first-order chi connectivity index (χ1) is 15.3. The summed E-state index contributed by atoms with van der Waals surface area (Å²) in [7, 11) is 0. The Labute approximate surface area is 187 Å². The largest absolute Gasteiger partial charge is 0.462 e. The summed E-state index contributed by atoms with van der Waals surface area (Å²) >= 11 is 1.50. The van der Waals surface area contributed by atoms with Crippen molar-refractivity contribution in [1.82, 2.24) is 4.98 Å². The summed E-state index contributed by atoms with van der Waals surface area (Å²) < 4.78 is 16.4. The predicted molar refractivity (Wildman–Crippen MR) is 117 cm³/mol. The molecule has 2 aromatic heterocycles. The molecule has 0 unspecified atom stereocenters. The summed E-state index contributed by atoms with van der Waals surface area (Å²) in [4.78, 5) is 52.9. The molecule has 10 heteroatoms. The maximum atomic E-state index is 12.3. The fourth-order valence-electron chi connectivity index (χ4n) is 3.07. The van der Waals surface area contributed by atoms with E-state index in [-0.39, 0.29) is 35.8 Å². The number of thiazole rings is 1. The number of fused-ring (bicyclic) bond motifs is 1. The van der Waals surface area contributed by atoms with Gasteiger partial charge >= 0.3 is 11.9 Å². The topological polar surface area (TPSA) is 125 Å². The number of carbonyl (C=O) groups excluding carboxylic acids is 4. The first kappa shape index (κ1) is 23.1. The molecule has 0 aliphatic rings. The highest BCUT2D eigenvalue weighted by atomic mass is 32.1. The van der Waals surface area contributed by atoms with Crippen LogP contribution in [0.3, 0.4) is 0 Å². The number of aryl methyl sites for hydroxylation is 2.